The summed E-state index contributed by atoms with van der Waals surface area (Å²) in [7, 11) is 0. The van der Waals surface area contributed by atoms with Crippen molar-refractivity contribution in [3.8, 4) is 0 Å². The molecule has 1 heterocycles. The maximum atomic E-state index is 4.28. The molecule has 0 saturated heterocycles. The van der Waals surface area contributed by atoms with E-state index in [-0.39, 0.29) is 0 Å². The highest BCUT2D eigenvalue weighted by atomic mass is 14.9. The molecule has 0 spiro atoms. The summed E-state index contributed by atoms with van der Waals surface area (Å²) in [4.78, 5) is 4.28. The first kappa shape index (κ1) is 9.50. The summed E-state index contributed by atoms with van der Waals surface area (Å²) in [6.07, 6.45) is 8.71. The molecule has 1 aromatic rings. The van der Waals surface area contributed by atoms with Gasteiger partial charge in [0.2, 0.25) is 0 Å². The van der Waals surface area contributed by atoms with Crippen LogP contribution in [0.4, 0.5) is 5.69 Å². The van der Waals surface area contributed by atoms with Gasteiger partial charge in [0.1, 0.15) is 0 Å². The first-order chi connectivity index (χ1) is 6.84. The lowest BCUT2D eigenvalue weighted by atomic mass is 9.95. The molecule has 1 fully saturated rings. The highest BCUT2D eigenvalue weighted by molar-refractivity contribution is 5.41. The van der Waals surface area contributed by atoms with E-state index in [2.05, 4.69) is 22.4 Å². The minimum Gasteiger partial charge on any atom is -0.381 e. The normalized spacial score (nSPS) is 18.1. The fourth-order valence-corrected chi connectivity index (χ4v) is 2.04. The second-order valence-electron chi connectivity index (χ2n) is 4.17. The molecule has 0 aromatic carbocycles. The monoisotopic (exact) mass is 190 g/mol. The van der Waals surface area contributed by atoms with Gasteiger partial charge in [-0.05, 0) is 31.9 Å². The number of nitrogens with one attached hydrogen (secondary N) is 1. The number of nitrogens with zero attached hydrogens (tertiary/aromatic N) is 1. The van der Waals surface area contributed by atoms with Crippen LogP contribution in [-0.2, 0) is 0 Å². The largest absolute Gasteiger partial charge is 0.381 e. The van der Waals surface area contributed by atoms with E-state index in [1.165, 1.54) is 37.8 Å². The fraction of sp³-hybridized carbons (Fsp3) is 0.583. The van der Waals surface area contributed by atoms with Crippen molar-refractivity contribution in [3.63, 3.8) is 0 Å². The standard InChI is InChI=1S/C12H18N2/c1-10-7-8-12(9-13-10)14-11-5-3-2-4-6-11/h7-9,11,14H,2-6H2,1H3. The molecular weight excluding hydrogens is 172 g/mol. The van der Waals surface area contributed by atoms with Gasteiger partial charge in [-0.25, -0.2) is 0 Å². The average Bonchev–Trinajstić information content (AvgIpc) is 2.23. The van der Waals surface area contributed by atoms with E-state index in [1.54, 1.807) is 0 Å². The predicted octanol–water partition coefficient (Wildman–Crippen LogP) is 3.13. The van der Waals surface area contributed by atoms with E-state index in [0.29, 0.717) is 6.04 Å². The SMILES string of the molecule is Cc1ccc(NC2CCCCC2)cn1. The summed E-state index contributed by atoms with van der Waals surface area (Å²) in [5.74, 6) is 0. The fourth-order valence-electron chi connectivity index (χ4n) is 2.04. The topological polar surface area (TPSA) is 24.9 Å². The van der Waals surface area contributed by atoms with Crippen molar-refractivity contribution in [1.82, 2.24) is 4.98 Å². The van der Waals surface area contributed by atoms with E-state index in [1.807, 2.05) is 13.1 Å². The molecule has 2 rings (SSSR count). The van der Waals surface area contributed by atoms with Crippen LogP contribution in [0.5, 0.6) is 0 Å². The number of anilines is 1. The van der Waals surface area contributed by atoms with Gasteiger partial charge < -0.3 is 5.32 Å². The summed E-state index contributed by atoms with van der Waals surface area (Å²) in [5, 5.41) is 3.55. The minimum atomic E-state index is 0.674. The summed E-state index contributed by atoms with van der Waals surface area (Å²) in [6, 6.07) is 4.86. The molecule has 0 bridgehead atoms. The van der Waals surface area contributed by atoms with Crippen molar-refractivity contribution in [2.45, 2.75) is 45.1 Å². The van der Waals surface area contributed by atoms with Crippen LogP contribution in [0, 0.1) is 6.92 Å². The number of hydrogen-bond acceptors (Lipinski definition) is 2. The highest BCUT2D eigenvalue weighted by Gasteiger charge is 2.12. The highest BCUT2D eigenvalue weighted by Crippen LogP contribution is 2.21. The quantitative estimate of drug-likeness (QED) is 0.775. The van der Waals surface area contributed by atoms with Crippen molar-refractivity contribution < 1.29 is 0 Å². The molecular formula is C12H18N2. The maximum absolute atomic E-state index is 4.28. The molecule has 1 aromatic heterocycles. The lowest BCUT2D eigenvalue weighted by molar-refractivity contribution is 0.462. The average molecular weight is 190 g/mol. The molecule has 1 N–H and O–H groups in total. The van der Waals surface area contributed by atoms with Gasteiger partial charge in [-0.3, -0.25) is 4.98 Å². The summed E-state index contributed by atoms with van der Waals surface area (Å²) in [6.45, 7) is 2.02. The van der Waals surface area contributed by atoms with Crippen LogP contribution in [0.2, 0.25) is 0 Å². The first-order valence-electron chi connectivity index (χ1n) is 5.54. The zero-order chi connectivity index (χ0) is 9.80. The molecule has 0 radical (unpaired) electrons. The Kier molecular flexibility index (Phi) is 3.02. The second-order valence-corrected chi connectivity index (χ2v) is 4.17. The molecule has 2 heteroatoms. The van der Waals surface area contributed by atoms with Gasteiger partial charge in [0.25, 0.3) is 0 Å². The molecule has 0 atom stereocenters. The van der Waals surface area contributed by atoms with Gasteiger partial charge in [0.05, 0.1) is 11.9 Å². The summed E-state index contributed by atoms with van der Waals surface area (Å²) < 4.78 is 0. The first-order valence-corrected chi connectivity index (χ1v) is 5.54. The number of aryl methyl sites for hydroxylation is 1. The van der Waals surface area contributed by atoms with Crippen molar-refractivity contribution in [2.24, 2.45) is 0 Å². The van der Waals surface area contributed by atoms with Crippen LogP contribution in [0.3, 0.4) is 0 Å². The minimum absolute atomic E-state index is 0.674. The Morgan fingerprint density at radius 1 is 1.21 bits per heavy atom. The van der Waals surface area contributed by atoms with Crippen molar-refractivity contribution >= 4 is 5.69 Å². The maximum Gasteiger partial charge on any atom is 0.0529 e. The lowest BCUT2D eigenvalue weighted by Gasteiger charge is -2.23. The van der Waals surface area contributed by atoms with Gasteiger partial charge in [-0.1, -0.05) is 19.3 Å². The van der Waals surface area contributed by atoms with Crippen LogP contribution < -0.4 is 5.32 Å². The third-order valence-electron chi connectivity index (χ3n) is 2.89. The van der Waals surface area contributed by atoms with Gasteiger partial charge in [0.15, 0.2) is 0 Å². The van der Waals surface area contributed by atoms with Crippen molar-refractivity contribution in [1.29, 1.82) is 0 Å². The Labute approximate surface area is 85.7 Å². The number of rotatable bonds is 2. The number of hydrogen-bond donors (Lipinski definition) is 1. The molecule has 0 aliphatic heterocycles. The molecule has 14 heavy (non-hydrogen) atoms. The molecule has 0 unspecified atom stereocenters. The Bertz CT molecular complexity index is 273. The van der Waals surface area contributed by atoms with E-state index < -0.39 is 0 Å². The van der Waals surface area contributed by atoms with E-state index in [0.717, 1.165) is 5.69 Å². The van der Waals surface area contributed by atoms with Gasteiger partial charge in [-0.15, -0.1) is 0 Å². The lowest BCUT2D eigenvalue weighted by Crippen LogP contribution is -2.22. The van der Waals surface area contributed by atoms with E-state index in [4.69, 9.17) is 0 Å². The van der Waals surface area contributed by atoms with Crippen LogP contribution >= 0.6 is 0 Å². The zero-order valence-corrected chi connectivity index (χ0v) is 8.79. The van der Waals surface area contributed by atoms with Crippen LogP contribution in [0.25, 0.3) is 0 Å². The predicted molar refractivity (Wildman–Crippen MR) is 59.5 cm³/mol. The van der Waals surface area contributed by atoms with Gasteiger partial charge >= 0.3 is 0 Å². The van der Waals surface area contributed by atoms with Crippen LogP contribution in [0.15, 0.2) is 18.3 Å². The third kappa shape index (κ3) is 2.47. The van der Waals surface area contributed by atoms with Crippen LogP contribution in [0.1, 0.15) is 37.8 Å². The zero-order valence-electron chi connectivity index (χ0n) is 8.79. The summed E-state index contributed by atoms with van der Waals surface area (Å²) >= 11 is 0. The Morgan fingerprint density at radius 3 is 2.64 bits per heavy atom. The molecule has 2 nitrogen and oxygen atoms in total. The van der Waals surface area contributed by atoms with E-state index >= 15 is 0 Å². The molecule has 1 saturated carbocycles. The van der Waals surface area contributed by atoms with E-state index in [9.17, 15) is 0 Å². The Hall–Kier alpha value is -1.05. The smallest absolute Gasteiger partial charge is 0.0529 e. The Morgan fingerprint density at radius 2 is 2.00 bits per heavy atom. The molecule has 76 valence electrons. The second kappa shape index (κ2) is 4.45. The molecule has 0 amide bonds. The number of aromatic nitrogens is 1. The third-order valence-corrected chi connectivity index (χ3v) is 2.89. The number of pyridine rings is 1. The van der Waals surface area contributed by atoms with Gasteiger partial charge in [0, 0.05) is 11.7 Å². The Balaban J connectivity index is 1.92. The molecule has 1 aliphatic carbocycles. The van der Waals surface area contributed by atoms with Crippen molar-refractivity contribution in [2.75, 3.05) is 5.32 Å². The van der Waals surface area contributed by atoms with Crippen LogP contribution in [-0.4, -0.2) is 11.0 Å². The summed E-state index contributed by atoms with van der Waals surface area (Å²) in [5.41, 5.74) is 2.25. The molecule has 1 aliphatic rings. The van der Waals surface area contributed by atoms with Gasteiger partial charge in [-0.2, -0.15) is 0 Å². The van der Waals surface area contributed by atoms with Crippen molar-refractivity contribution in [3.05, 3.63) is 24.0 Å².